The summed E-state index contributed by atoms with van der Waals surface area (Å²) >= 11 is 3.63. The van der Waals surface area contributed by atoms with Gasteiger partial charge in [0.1, 0.15) is 0 Å². The number of aliphatic hydroxyl groups excluding tert-OH is 1. The van der Waals surface area contributed by atoms with E-state index in [0.717, 1.165) is 53.6 Å². The lowest BCUT2D eigenvalue weighted by molar-refractivity contribution is 0.100. The molecule has 0 unspecified atom stereocenters. The van der Waals surface area contributed by atoms with Gasteiger partial charge in [0, 0.05) is 40.2 Å². The summed E-state index contributed by atoms with van der Waals surface area (Å²) in [6, 6.07) is 18.3. The van der Waals surface area contributed by atoms with E-state index in [2.05, 4.69) is 37.9 Å². The molecule has 1 aliphatic rings. The smallest absolute Gasteiger partial charge is 0.250 e. The Morgan fingerprint density at radius 2 is 1.87 bits per heavy atom. The lowest BCUT2D eigenvalue weighted by atomic mass is 9.92. The lowest BCUT2D eigenvalue weighted by Crippen LogP contribution is -2.29. The predicted molar refractivity (Wildman–Crippen MR) is 123 cm³/mol. The van der Waals surface area contributed by atoms with Crippen molar-refractivity contribution in [3.8, 4) is 5.69 Å². The number of anilines is 1. The largest absolute Gasteiger partial charge is 0.393 e. The van der Waals surface area contributed by atoms with Gasteiger partial charge < -0.3 is 20.7 Å². The van der Waals surface area contributed by atoms with Gasteiger partial charge in [-0.1, -0.05) is 34.1 Å². The molecule has 0 atom stereocenters. The molecule has 30 heavy (non-hydrogen) atoms. The third-order valence-corrected chi connectivity index (χ3v) is 6.54. The first-order chi connectivity index (χ1) is 14.5. The molecule has 0 saturated heterocycles. The second kappa shape index (κ2) is 9.06. The predicted octanol–water partition coefficient (Wildman–Crippen LogP) is 4.64. The highest BCUT2D eigenvalue weighted by Crippen LogP contribution is 2.28. The number of aromatic nitrogens is 1. The molecule has 0 bridgehead atoms. The van der Waals surface area contributed by atoms with Crippen molar-refractivity contribution in [3.05, 3.63) is 82.1 Å². The van der Waals surface area contributed by atoms with Gasteiger partial charge in [0.25, 0.3) is 5.91 Å². The number of halogens is 1. The van der Waals surface area contributed by atoms with Crippen LogP contribution in [0.2, 0.25) is 0 Å². The topological polar surface area (TPSA) is 80.3 Å². The van der Waals surface area contributed by atoms with Crippen LogP contribution < -0.4 is 11.1 Å². The second-order valence-electron chi connectivity index (χ2n) is 7.88. The Bertz CT molecular complexity index is 1040. The molecular weight excluding hydrogens is 442 g/mol. The molecule has 2 aromatic carbocycles. The zero-order chi connectivity index (χ0) is 21.1. The summed E-state index contributed by atoms with van der Waals surface area (Å²) in [6.07, 6.45) is 5.90. The number of amides is 1. The van der Waals surface area contributed by atoms with Gasteiger partial charge >= 0.3 is 0 Å². The number of nitrogens with one attached hydrogen (secondary N) is 1. The Hall–Kier alpha value is -2.57. The number of hydrogen-bond acceptors (Lipinski definition) is 3. The Kier molecular flexibility index (Phi) is 6.25. The summed E-state index contributed by atoms with van der Waals surface area (Å²) in [7, 11) is 0. The van der Waals surface area contributed by atoms with Crippen molar-refractivity contribution in [3.63, 3.8) is 0 Å². The number of aliphatic hydroxyl groups is 1. The monoisotopic (exact) mass is 467 g/mol. The van der Waals surface area contributed by atoms with Crippen LogP contribution in [0.4, 0.5) is 5.69 Å². The number of nitrogens with zero attached hydrogens (tertiary/aromatic N) is 1. The summed E-state index contributed by atoms with van der Waals surface area (Å²) < 4.78 is 3.23. The first-order valence-electron chi connectivity index (χ1n) is 10.3. The number of carbonyl (C=O) groups excluding carboxylic acids is 1. The van der Waals surface area contributed by atoms with E-state index in [1.54, 1.807) is 6.07 Å². The molecule has 3 aromatic rings. The summed E-state index contributed by atoms with van der Waals surface area (Å²) in [5.74, 6) is -0.444. The molecule has 0 radical (unpaired) electrons. The molecule has 4 rings (SSSR count). The maximum Gasteiger partial charge on any atom is 0.250 e. The minimum atomic E-state index is -0.444. The van der Waals surface area contributed by atoms with E-state index in [1.165, 1.54) is 5.56 Å². The van der Waals surface area contributed by atoms with Crippen molar-refractivity contribution in [2.45, 2.75) is 44.2 Å². The van der Waals surface area contributed by atoms with Crippen LogP contribution in [-0.2, 0) is 6.42 Å². The fourth-order valence-electron chi connectivity index (χ4n) is 4.11. The van der Waals surface area contributed by atoms with E-state index in [-0.39, 0.29) is 12.1 Å². The van der Waals surface area contributed by atoms with Crippen LogP contribution in [-0.4, -0.2) is 27.7 Å². The van der Waals surface area contributed by atoms with Gasteiger partial charge in [-0.15, -0.1) is 0 Å². The van der Waals surface area contributed by atoms with Crippen molar-refractivity contribution in [2.24, 2.45) is 5.73 Å². The number of benzene rings is 2. The van der Waals surface area contributed by atoms with Crippen LogP contribution in [0.5, 0.6) is 0 Å². The maximum absolute atomic E-state index is 12.0. The van der Waals surface area contributed by atoms with E-state index in [4.69, 9.17) is 5.73 Å². The second-order valence-corrected chi connectivity index (χ2v) is 8.74. The Morgan fingerprint density at radius 3 is 2.60 bits per heavy atom. The molecular formula is C24H26BrN3O2. The van der Waals surface area contributed by atoms with E-state index < -0.39 is 5.91 Å². The van der Waals surface area contributed by atoms with Gasteiger partial charge in [0.15, 0.2) is 0 Å². The molecule has 1 saturated carbocycles. The third kappa shape index (κ3) is 4.60. The van der Waals surface area contributed by atoms with Crippen LogP contribution in [0, 0.1) is 0 Å². The van der Waals surface area contributed by atoms with Crippen LogP contribution in [0.1, 0.15) is 47.3 Å². The molecule has 156 valence electrons. The summed E-state index contributed by atoms with van der Waals surface area (Å²) in [6.45, 7) is 0. The van der Waals surface area contributed by atoms with Crippen molar-refractivity contribution < 1.29 is 9.90 Å². The van der Waals surface area contributed by atoms with Crippen molar-refractivity contribution in [2.75, 3.05) is 5.32 Å². The zero-order valence-electron chi connectivity index (χ0n) is 16.7. The van der Waals surface area contributed by atoms with Crippen LogP contribution in [0.25, 0.3) is 5.69 Å². The van der Waals surface area contributed by atoms with Gasteiger partial charge in [0.05, 0.1) is 11.7 Å². The fraction of sp³-hybridized carbons (Fsp3) is 0.292. The van der Waals surface area contributed by atoms with Crippen molar-refractivity contribution in [1.82, 2.24) is 4.57 Å². The third-order valence-electron chi connectivity index (χ3n) is 5.77. The molecule has 1 heterocycles. The molecule has 1 aliphatic carbocycles. The molecule has 1 aromatic heterocycles. The molecule has 6 heteroatoms. The Labute approximate surface area is 185 Å². The van der Waals surface area contributed by atoms with E-state index in [1.807, 2.05) is 42.6 Å². The molecule has 5 nitrogen and oxygen atoms in total. The maximum atomic E-state index is 12.0. The highest BCUT2D eigenvalue weighted by Gasteiger charge is 2.21. The number of carbonyl (C=O) groups is 1. The fourth-order valence-corrected chi connectivity index (χ4v) is 4.53. The Balaban J connectivity index is 1.63. The van der Waals surface area contributed by atoms with Crippen LogP contribution >= 0.6 is 15.9 Å². The first-order valence-corrected chi connectivity index (χ1v) is 11.1. The normalized spacial score (nSPS) is 18.9. The first kappa shape index (κ1) is 20.7. The van der Waals surface area contributed by atoms with Crippen molar-refractivity contribution in [1.29, 1.82) is 0 Å². The van der Waals surface area contributed by atoms with Gasteiger partial charge in [-0.2, -0.15) is 0 Å². The van der Waals surface area contributed by atoms with Gasteiger partial charge in [-0.3, -0.25) is 4.79 Å². The van der Waals surface area contributed by atoms with Gasteiger partial charge in [0.2, 0.25) is 0 Å². The van der Waals surface area contributed by atoms with Crippen LogP contribution in [0.3, 0.4) is 0 Å². The number of nitrogens with two attached hydrogens (primary N) is 1. The number of rotatable bonds is 6. The van der Waals surface area contributed by atoms with Gasteiger partial charge in [-0.25, -0.2) is 0 Å². The zero-order valence-corrected chi connectivity index (χ0v) is 18.3. The van der Waals surface area contributed by atoms with E-state index >= 15 is 0 Å². The average Bonchev–Trinajstić information content (AvgIpc) is 3.19. The molecule has 0 aliphatic heterocycles. The summed E-state index contributed by atoms with van der Waals surface area (Å²) in [5.41, 5.74) is 10.2. The number of primary amides is 1. The quantitative estimate of drug-likeness (QED) is 0.493. The highest BCUT2D eigenvalue weighted by molar-refractivity contribution is 9.10. The van der Waals surface area contributed by atoms with Gasteiger partial charge in [-0.05, 0) is 67.6 Å². The van der Waals surface area contributed by atoms with Crippen molar-refractivity contribution >= 4 is 27.5 Å². The lowest BCUT2D eigenvalue weighted by Gasteiger charge is -2.28. The SMILES string of the molecule is NC(=O)c1ccc(-n2cccc2Cc2ccccc2Br)cc1N[C@H]1CC[C@H](O)CC1. The van der Waals surface area contributed by atoms with Crippen LogP contribution in [0.15, 0.2) is 65.3 Å². The molecule has 4 N–H and O–H groups in total. The number of hydrogen-bond donors (Lipinski definition) is 3. The minimum Gasteiger partial charge on any atom is -0.393 e. The summed E-state index contributed by atoms with van der Waals surface area (Å²) in [5, 5.41) is 13.3. The molecule has 1 amide bonds. The molecule has 0 spiro atoms. The minimum absolute atomic E-state index is 0.218. The standard InChI is InChI=1S/C24H26BrN3O2/c25-22-6-2-1-4-16(22)14-18-5-3-13-28(18)19-9-12-21(24(26)30)23(15-19)27-17-7-10-20(29)11-8-17/h1-6,9,12-13,15,17,20,27,29H,7-8,10-11,14H2,(H2,26,30)/t17-,20-. The highest BCUT2D eigenvalue weighted by atomic mass is 79.9. The molecule has 1 fully saturated rings. The summed E-state index contributed by atoms with van der Waals surface area (Å²) in [4.78, 5) is 12.0. The average molecular weight is 468 g/mol. The van der Waals surface area contributed by atoms with E-state index in [0.29, 0.717) is 5.56 Å². The van der Waals surface area contributed by atoms with E-state index in [9.17, 15) is 9.90 Å². The Morgan fingerprint density at radius 1 is 1.10 bits per heavy atom.